The molecular formula is C18H31ClIN3O2. The average molecular weight is 484 g/mol. The Balaban J connectivity index is 0.00000576. The van der Waals surface area contributed by atoms with Crippen LogP contribution in [0.3, 0.4) is 0 Å². The van der Waals surface area contributed by atoms with Gasteiger partial charge in [0.2, 0.25) is 0 Å². The maximum Gasteiger partial charge on any atom is 0.191 e. The lowest BCUT2D eigenvalue weighted by molar-refractivity contribution is 0.144. The number of benzene rings is 1. The van der Waals surface area contributed by atoms with Gasteiger partial charge in [-0.2, -0.15) is 0 Å². The second-order valence-corrected chi connectivity index (χ2v) is 5.71. The molecule has 0 amide bonds. The van der Waals surface area contributed by atoms with Crippen molar-refractivity contribution in [2.24, 2.45) is 4.99 Å². The molecule has 0 aliphatic carbocycles. The fourth-order valence-electron chi connectivity index (χ4n) is 2.17. The zero-order valence-corrected chi connectivity index (χ0v) is 18.5. The van der Waals surface area contributed by atoms with Gasteiger partial charge in [-0.25, -0.2) is 0 Å². The number of nitrogens with one attached hydrogen (secondary N) is 2. The first-order valence-corrected chi connectivity index (χ1v) is 9.01. The summed E-state index contributed by atoms with van der Waals surface area (Å²) in [5.74, 6) is 1.62. The highest BCUT2D eigenvalue weighted by Gasteiger charge is 2.03. The van der Waals surface area contributed by atoms with Crippen molar-refractivity contribution in [2.75, 3.05) is 40.0 Å². The van der Waals surface area contributed by atoms with E-state index in [-0.39, 0.29) is 24.0 Å². The lowest BCUT2D eigenvalue weighted by atomic mass is 10.1. The van der Waals surface area contributed by atoms with Crippen LogP contribution in [0.2, 0.25) is 5.02 Å². The van der Waals surface area contributed by atoms with Crippen molar-refractivity contribution in [2.45, 2.75) is 33.1 Å². The largest absolute Gasteiger partial charge is 0.497 e. The Morgan fingerprint density at radius 1 is 1.20 bits per heavy atom. The van der Waals surface area contributed by atoms with E-state index in [4.69, 9.17) is 21.1 Å². The minimum atomic E-state index is 0. The number of methoxy groups -OCH3 is 1. The van der Waals surface area contributed by atoms with Crippen LogP contribution in [0.1, 0.15) is 32.3 Å². The normalized spacial score (nSPS) is 11.0. The highest BCUT2D eigenvalue weighted by atomic mass is 127. The summed E-state index contributed by atoms with van der Waals surface area (Å²) < 4.78 is 10.5. The predicted octanol–water partition coefficient (Wildman–Crippen LogP) is 3.88. The molecule has 0 saturated carbocycles. The van der Waals surface area contributed by atoms with Crippen LogP contribution in [-0.2, 0) is 11.2 Å². The molecule has 0 aliphatic rings. The zero-order valence-electron chi connectivity index (χ0n) is 15.4. The van der Waals surface area contributed by atoms with Crippen LogP contribution in [0.5, 0.6) is 5.75 Å². The third-order valence-electron chi connectivity index (χ3n) is 3.46. The predicted molar refractivity (Wildman–Crippen MR) is 117 cm³/mol. The maximum absolute atomic E-state index is 6.26. The monoisotopic (exact) mass is 483 g/mol. The van der Waals surface area contributed by atoms with E-state index >= 15 is 0 Å². The van der Waals surface area contributed by atoms with Crippen molar-refractivity contribution in [3.05, 3.63) is 28.8 Å². The minimum Gasteiger partial charge on any atom is -0.497 e. The summed E-state index contributed by atoms with van der Waals surface area (Å²) in [5.41, 5.74) is 1.09. The van der Waals surface area contributed by atoms with Crippen LogP contribution in [-0.4, -0.2) is 45.9 Å². The Morgan fingerprint density at radius 2 is 2.00 bits per heavy atom. The van der Waals surface area contributed by atoms with Gasteiger partial charge in [0.1, 0.15) is 5.75 Å². The van der Waals surface area contributed by atoms with Crippen LogP contribution >= 0.6 is 35.6 Å². The Hall–Kier alpha value is -0.730. The van der Waals surface area contributed by atoms with E-state index in [2.05, 4.69) is 22.5 Å². The molecule has 0 bridgehead atoms. The highest BCUT2D eigenvalue weighted by molar-refractivity contribution is 14.0. The number of ether oxygens (including phenoxy) is 2. The van der Waals surface area contributed by atoms with Crippen molar-refractivity contribution < 1.29 is 9.47 Å². The number of aliphatic imine (C=N–C) groups is 1. The first-order chi connectivity index (χ1) is 11.7. The number of rotatable bonds is 11. The number of unbranched alkanes of at least 4 members (excludes halogenated alkanes) is 1. The molecule has 1 rings (SSSR count). The van der Waals surface area contributed by atoms with Crippen molar-refractivity contribution in [3.8, 4) is 5.75 Å². The Bertz CT molecular complexity index is 501. The van der Waals surface area contributed by atoms with E-state index in [9.17, 15) is 0 Å². The molecule has 7 heteroatoms. The van der Waals surface area contributed by atoms with Gasteiger partial charge in [-0.3, -0.25) is 4.99 Å². The Labute approximate surface area is 173 Å². The third kappa shape index (κ3) is 10.8. The standard InChI is InChI=1S/C18H30ClN3O2.HI/c1-4-20-18(21-11-6-7-13-24-5-2)22-12-10-15-8-9-16(23-3)14-17(15)19;/h8-9,14H,4-7,10-13H2,1-3H3,(H2,20,21,22);1H. The van der Waals surface area contributed by atoms with Gasteiger partial charge in [0.05, 0.1) is 7.11 Å². The lowest BCUT2D eigenvalue weighted by Gasteiger charge is -2.12. The molecular weight excluding hydrogens is 453 g/mol. The van der Waals surface area contributed by atoms with Gasteiger partial charge >= 0.3 is 0 Å². The Morgan fingerprint density at radius 3 is 2.64 bits per heavy atom. The summed E-state index contributed by atoms with van der Waals surface area (Å²) in [6.45, 7) is 8.08. The molecule has 0 aliphatic heterocycles. The molecule has 1 aromatic carbocycles. The summed E-state index contributed by atoms with van der Waals surface area (Å²) in [4.78, 5) is 4.58. The van der Waals surface area contributed by atoms with Crippen LogP contribution in [0.15, 0.2) is 23.2 Å². The van der Waals surface area contributed by atoms with Crippen LogP contribution in [0.4, 0.5) is 0 Å². The van der Waals surface area contributed by atoms with Gasteiger partial charge in [-0.05, 0) is 50.8 Å². The van der Waals surface area contributed by atoms with Crippen molar-refractivity contribution >= 4 is 41.5 Å². The number of nitrogens with zero attached hydrogens (tertiary/aromatic N) is 1. The fraction of sp³-hybridized carbons (Fsp3) is 0.611. The molecule has 0 fully saturated rings. The lowest BCUT2D eigenvalue weighted by Crippen LogP contribution is -2.38. The summed E-state index contributed by atoms with van der Waals surface area (Å²) in [6.07, 6.45) is 2.90. The van der Waals surface area contributed by atoms with Gasteiger partial charge in [-0.1, -0.05) is 17.7 Å². The summed E-state index contributed by atoms with van der Waals surface area (Å²) in [7, 11) is 1.64. The van der Waals surface area contributed by atoms with E-state index in [1.54, 1.807) is 7.11 Å². The van der Waals surface area contributed by atoms with Gasteiger partial charge in [0.15, 0.2) is 5.96 Å². The number of hydrogen-bond donors (Lipinski definition) is 2. The van der Waals surface area contributed by atoms with Crippen LogP contribution < -0.4 is 15.4 Å². The SMILES string of the molecule is CCNC(=NCCCCOCC)NCCc1ccc(OC)cc1Cl.I. The number of halogens is 2. The molecule has 0 radical (unpaired) electrons. The molecule has 0 atom stereocenters. The molecule has 0 aromatic heterocycles. The molecule has 144 valence electrons. The second kappa shape index (κ2) is 15.5. The van der Waals surface area contributed by atoms with E-state index in [1.165, 1.54) is 0 Å². The van der Waals surface area contributed by atoms with Gasteiger partial charge < -0.3 is 20.1 Å². The quantitative estimate of drug-likeness (QED) is 0.217. The first kappa shape index (κ1) is 24.3. The molecule has 0 saturated heterocycles. The van der Waals surface area contributed by atoms with E-state index in [0.29, 0.717) is 0 Å². The van der Waals surface area contributed by atoms with E-state index < -0.39 is 0 Å². The first-order valence-electron chi connectivity index (χ1n) is 8.63. The zero-order chi connectivity index (χ0) is 17.6. The molecule has 0 heterocycles. The molecule has 0 unspecified atom stereocenters. The second-order valence-electron chi connectivity index (χ2n) is 5.30. The van der Waals surface area contributed by atoms with Crippen molar-refractivity contribution in [1.29, 1.82) is 0 Å². The molecule has 5 nitrogen and oxygen atoms in total. The van der Waals surface area contributed by atoms with E-state index in [1.807, 2.05) is 25.1 Å². The minimum absolute atomic E-state index is 0. The Kier molecular flexibility index (Phi) is 15.1. The summed E-state index contributed by atoms with van der Waals surface area (Å²) in [6, 6.07) is 5.77. The summed E-state index contributed by atoms with van der Waals surface area (Å²) in [5, 5.41) is 7.33. The maximum atomic E-state index is 6.26. The smallest absolute Gasteiger partial charge is 0.191 e. The van der Waals surface area contributed by atoms with Gasteiger partial charge in [0.25, 0.3) is 0 Å². The summed E-state index contributed by atoms with van der Waals surface area (Å²) >= 11 is 6.26. The highest BCUT2D eigenvalue weighted by Crippen LogP contribution is 2.22. The number of hydrogen-bond acceptors (Lipinski definition) is 3. The fourth-order valence-corrected chi connectivity index (χ4v) is 2.43. The molecule has 0 spiro atoms. The van der Waals surface area contributed by atoms with Crippen LogP contribution in [0.25, 0.3) is 0 Å². The van der Waals surface area contributed by atoms with Gasteiger partial charge in [-0.15, -0.1) is 24.0 Å². The molecule has 25 heavy (non-hydrogen) atoms. The topological polar surface area (TPSA) is 54.9 Å². The van der Waals surface area contributed by atoms with Crippen molar-refractivity contribution in [3.63, 3.8) is 0 Å². The van der Waals surface area contributed by atoms with E-state index in [0.717, 1.165) is 74.4 Å². The number of guanidine groups is 1. The van der Waals surface area contributed by atoms with Crippen molar-refractivity contribution in [1.82, 2.24) is 10.6 Å². The van der Waals surface area contributed by atoms with Crippen LogP contribution in [0, 0.1) is 0 Å². The van der Waals surface area contributed by atoms with Gasteiger partial charge in [0, 0.05) is 37.9 Å². The molecule has 1 aromatic rings. The molecule has 2 N–H and O–H groups in total. The average Bonchev–Trinajstić information content (AvgIpc) is 2.59. The third-order valence-corrected chi connectivity index (χ3v) is 3.81.